The van der Waals surface area contributed by atoms with Crippen molar-refractivity contribution in [1.29, 1.82) is 0 Å². The Morgan fingerprint density at radius 2 is 1.17 bits per heavy atom. The fourth-order valence-electron chi connectivity index (χ4n) is 2.66. The van der Waals surface area contributed by atoms with Gasteiger partial charge in [0, 0.05) is 9.79 Å². The van der Waals surface area contributed by atoms with Gasteiger partial charge in [-0.05, 0) is 64.3 Å². The molecule has 0 fully saturated rings. The van der Waals surface area contributed by atoms with Gasteiger partial charge in [-0.1, -0.05) is 42.5 Å². The molecule has 0 bridgehead atoms. The molecule has 3 aromatic rings. The third kappa shape index (κ3) is 3.66. The lowest BCUT2D eigenvalue weighted by Crippen LogP contribution is -1.99. The average Bonchev–Trinajstić information content (AvgIpc) is 2.62. The first kappa shape index (κ1) is 16.6. The Morgan fingerprint density at radius 1 is 0.652 bits per heavy atom. The lowest BCUT2D eigenvalue weighted by molar-refractivity contribution is 1.45. The highest BCUT2D eigenvalue weighted by Crippen LogP contribution is 2.33. The van der Waals surface area contributed by atoms with Gasteiger partial charge in [-0.2, -0.15) is 0 Å². The molecule has 0 saturated heterocycles. The molecule has 0 heterocycles. The number of benzene rings is 3. The zero-order valence-electron chi connectivity index (χ0n) is 13.2. The minimum Gasteiger partial charge on any atom is -0.130 e. The fourth-order valence-corrected chi connectivity index (χ4v) is 3.91. The summed E-state index contributed by atoms with van der Waals surface area (Å²) in [6.45, 7) is 0. The largest absolute Gasteiger partial charge is 0.130 e. The number of thioether (sulfide) groups is 2. The lowest BCUT2D eigenvalue weighted by atomic mass is 9.94. The second-order valence-corrected chi connectivity index (χ2v) is 7.61. The molecule has 1 unspecified atom stereocenters. The van der Waals surface area contributed by atoms with E-state index in [0.717, 1.165) is 0 Å². The van der Waals surface area contributed by atoms with E-state index in [1.54, 1.807) is 23.5 Å². The van der Waals surface area contributed by atoms with Crippen molar-refractivity contribution in [2.75, 3.05) is 12.5 Å². The van der Waals surface area contributed by atoms with E-state index in [-0.39, 0.29) is 0 Å². The van der Waals surface area contributed by atoms with E-state index in [4.69, 9.17) is 0 Å². The van der Waals surface area contributed by atoms with Crippen molar-refractivity contribution < 1.29 is 0 Å². The van der Waals surface area contributed by atoms with Gasteiger partial charge in [-0.25, -0.2) is 0 Å². The van der Waals surface area contributed by atoms with Crippen molar-refractivity contribution >= 4 is 38.1 Å². The first-order chi connectivity index (χ1) is 11.2. The Morgan fingerprint density at radius 3 is 1.70 bits per heavy atom. The third-order valence-corrected chi connectivity index (χ3v) is 5.84. The minimum absolute atomic E-state index is 1.23. The molecule has 0 radical (unpaired) electrons. The zero-order valence-corrected chi connectivity index (χ0v) is 16.0. The van der Waals surface area contributed by atoms with Crippen molar-refractivity contribution in [1.82, 2.24) is 0 Å². The summed E-state index contributed by atoms with van der Waals surface area (Å²) in [4.78, 5) is 2.59. The summed E-state index contributed by atoms with van der Waals surface area (Å²) < 4.78 is 0. The molecule has 0 aliphatic rings. The van der Waals surface area contributed by atoms with Crippen molar-refractivity contribution in [3.63, 3.8) is 0 Å². The van der Waals surface area contributed by atoms with Crippen LogP contribution in [0.25, 0.3) is 22.3 Å². The molecular formula is C20H19PS2. The van der Waals surface area contributed by atoms with Gasteiger partial charge in [0.05, 0.1) is 0 Å². The Hall–Kier alpha value is -1.21. The van der Waals surface area contributed by atoms with Crippen molar-refractivity contribution in [3.8, 4) is 22.3 Å². The smallest absolute Gasteiger partial charge is 0.00695 e. The van der Waals surface area contributed by atoms with Crippen LogP contribution in [0, 0.1) is 0 Å². The van der Waals surface area contributed by atoms with Crippen molar-refractivity contribution in [2.45, 2.75) is 9.79 Å². The van der Waals surface area contributed by atoms with Crippen molar-refractivity contribution in [2.24, 2.45) is 0 Å². The molecule has 116 valence electrons. The summed E-state index contributed by atoms with van der Waals surface area (Å²) in [5.41, 5.74) is 5.09. The molecule has 0 nitrogen and oxygen atoms in total. The summed E-state index contributed by atoms with van der Waals surface area (Å²) in [7, 11) is 2.88. The lowest BCUT2D eigenvalue weighted by Gasteiger charge is -2.14. The molecule has 3 aromatic carbocycles. The normalized spacial score (nSPS) is 10.7. The predicted molar refractivity (Wildman–Crippen MR) is 110 cm³/mol. The molecule has 0 aliphatic carbocycles. The van der Waals surface area contributed by atoms with Gasteiger partial charge < -0.3 is 0 Å². The van der Waals surface area contributed by atoms with E-state index in [2.05, 4.69) is 88.5 Å². The molecule has 3 heteroatoms. The Bertz CT molecular complexity index is 793. The summed E-state index contributed by atoms with van der Waals surface area (Å²) >= 11 is 3.55. The van der Waals surface area contributed by atoms with Crippen LogP contribution in [0.1, 0.15) is 0 Å². The first-order valence-electron chi connectivity index (χ1n) is 7.40. The van der Waals surface area contributed by atoms with Gasteiger partial charge in [-0.15, -0.1) is 32.8 Å². The topological polar surface area (TPSA) is 0 Å². The quantitative estimate of drug-likeness (QED) is 0.418. The maximum Gasteiger partial charge on any atom is 0.00695 e. The highest BCUT2D eigenvalue weighted by Gasteiger charge is 2.10. The maximum atomic E-state index is 2.88. The zero-order chi connectivity index (χ0) is 16.2. The fraction of sp³-hybridized carbons (Fsp3) is 0.100. The number of hydrogen-bond acceptors (Lipinski definition) is 2. The van der Waals surface area contributed by atoms with E-state index in [9.17, 15) is 0 Å². The maximum absolute atomic E-state index is 2.88. The molecule has 1 atom stereocenters. The molecule has 0 aromatic heterocycles. The predicted octanol–water partition coefficient (Wildman–Crippen LogP) is 5.96. The molecule has 0 amide bonds. The molecule has 0 saturated carbocycles. The van der Waals surface area contributed by atoms with E-state index in [0.29, 0.717) is 0 Å². The highest BCUT2D eigenvalue weighted by atomic mass is 32.2. The highest BCUT2D eigenvalue weighted by molar-refractivity contribution is 7.98. The Balaban J connectivity index is 2.11. The van der Waals surface area contributed by atoms with Crippen molar-refractivity contribution in [3.05, 3.63) is 66.7 Å². The molecule has 23 heavy (non-hydrogen) atoms. The van der Waals surface area contributed by atoms with E-state index in [1.165, 1.54) is 37.3 Å². The second kappa shape index (κ2) is 7.57. The third-order valence-electron chi connectivity index (χ3n) is 3.88. The standard InChI is InChI=1S/C20H19PS2/c1-22-16-10-6-14(7-11-16)18-4-3-5-19(21)20(18)15-8-12-17(23-2)13-9-15/h3-13H,21H2,1-2H3. The monoisotopic (exact) mass is 354 g/mol. The summed E-state index contributed by atoms with van der Waals surface area (Å²) in [5.74, 6) is 0. The Labute approximate surface area is 149 Å². The van der Waals surface area contributed by atoms with Crippen LogP contribution in [0.4, 0.5) is 0 Å². The van der Waals surface area contributed by atoms with Gasteiger partial charge in [0.2, 0.25) is 0 Å². The van der Waals surface area contributed by atoms with E-state index >= 15 is 0 Å². The summed E-state index contributed by atoms with van der Waals surface area (Å²) in [6.07, 6.45) is 4.22. The van der Waals surface area contributed by atoms with E-state index < -0.39 is 0 Å². The van der Waals surface area contributed by atoms with Crippen LogP contribution in [0.3, 0.4) is 0 Å². The van der Waals surface area contributed by atoms with E-state index in [1.807, 2.05) is 0 Å². The number of hydrogen-bond donors (Lipinski definition) is 0. The molecule has 0 spiro atoms. The average molecular weight is 354 g/mol. The second-order valence-electron chi connectivity index (χ2n) is 5.23. The van der Waals surface area contributed by atoms with Crippen LogP contribution in [0.15, 0.2) is 76.5 Å². The van der Waals surface area contributed by atoms with Crippen LogP contribution in [0.2, 0.25) is 0 Å². The molecule has 3 rings (SSSR count). The summed E-state index contributed by atoms with van der Waals surface area (Å²) in [5, 5.41) is 1.23. The Kier molecular flexibility index (Phi) is 5.48. The summed E-state index contributed by atoms with van der Waals surface area (Å²) in [6, 6.07) is 24.1. The van der Waals surface area contributed by atoms with Gasteiger partial charge in [-0.3, -0.25) is 0 Å². The SMILES string of the molecule is CSc1ccc(-c2cccc(P)c2-c2ccc(SC)cc2)cc1. The molecule has 0 N–H and O–H groups in total. The van der Waals surface area contributed by atoms with Crippen LogP contribution in [-0.4, -0.2) is 12.5 Å². The van der Waals surface area contributed by atoms with Crippen LogP contribution >= 0.6 is 32.8 Å². The van der Waals surface area contributed by atoms with Gasteiger partial charge in [0.25, 0.3) is 0 Å². The number of rotatable bonds is 4. The minimum atomic E-state index is 1.23. The van der Waals surface area contributed by atoms with Crippen LogP contribution < -0.4 is 5.30 Å². The molecular weight excluding hydrogens is 335 g/mol. The van der Waals surface area contributed by atoms with Gasteiger partial charge >= 0.3 is 0 Å². The van der Waals surface area contributed by atoms with Crippen LogP contribution in [0.5, 0.6) is 0 Å². The molecule has 0 aliphatic heterocycles. The van der Waals surface area contributed by atoms with Crippen LogP contribution in [-0.2, 0) is 0 Å². The first-order valence-corrected chi connectivity index (χ1v) is 10.4. The van der Waals surface area contributed by atoms with Gasteiger partial charge in [0.15, 0.2) is 0 Å². The van der Waals surface area contributed by atoms with Gasteiger partial charge in [0.1, 0.15) is 0 Å².